The maximum Gasteiger partial charge on any atom is 0.381 e. The van der Waals surface area contributed by atoms with Gasteiger partial charge in [-0.05, 0) is 70.8 Å². The third-order valence-electron chi connectivity index (χ3n) is 7.12. The molecule has 14 heteroatoms. The number of nitrogens with zero attached hydrogens (tertiary/aromatic N) is 2. The van der Waals surface area contributed by atoms with Crippen molar-refractivity contribution < 1.29 is 32.7 Å². The number of carbonyl (C=O) groups excluding carboxylic acids is 3. The second-order valence-corrected chi connectivity index (χ2v) is 14.9. The molecule has 2 atom stereocenters. The Morgan fingerprint density at radius 2 is 1.62 bits per heavy atom. The minimum absolute atomic E-state index is 0.0521. The molecule has 0 saturated heterocycles. The smallest absolute Gasteiger partial charge is 0.381 e. The molecule has 2 aliphatic carbocycles. The fourth-order valence-electron chi connectivity index (χ4n) is 4.93. The standard InChI is InChI=1S/C19H25NO4.C9H11Cl3NO3PS/c1-11(2)9-14-15(19(14,3)4)18(23)24-10-20-16(21)12-7-5-6-8-13(12)17(20)22;1-3-14-17(18,15-4-2)16-9-7(11)5-6(10)8(12)13-9/h9,14-15H,5-8,10H2,1-4H3;5H,3-4H2,1-2H3. The molecule has 1 aliphatic heterocycles. The van der Waals surface area contributed by atoms with Crippen LogP contribution < -0.4 is 4.52 Å². The maximum atomic E-state index is 12.4. The molecule has 0 aromatic carbocycles. The number of halogens is 3. The zero-order chi connectivity index (χ0) is 31.4. The van der Waals surface area contributed by atoms with Crippen molar-refractivity contribution in [3.05, 3.63) is 44.1 Å². The predicted molar refractivity (Wildman–Crippen MR) is 166 cm³/mol. The van der Waals surface area contributed by atoms with Crippen molar-refractivity contribution in [1.29, 1.82) is 0 Å². The lowest BCUT2D eigenvalue weighted by Gasteiger charge is -2.20. The van der Waals surface area contributed by atoms with E-state index in [9.17, 15) is 14.4 Å². The molecule has 3 aliphatic rings. The number of rotatable bonds is 10. The number of hydrogen-bond acceptors (Lipinski definition) is 9. The fraction of sp³-hybridized carbons (Fsp3) is 0.571. The largest absolute Gasteiger partial charge is 0.443 e. The Labute approximate surface area is 267 Å². The number of allylic oxidation sites excluding steroid dienone is 2. The van der Waals surface area contributed by atoms with Gasteiger partial charge in [0.15, 0.2) is 11.9 Å². The molecule has 0 radical (unpaired) electrons. The van der Waals surface area contributed by atoms with Crippen LogP contribution in [0.2, 0.25) is 15.2 Å². The monoisotopic (exact) mass is 680 g/mol. The van der Waals surface area contributed by atoms with E-state index in [1.54, 1.807) is 13.8 Å². The average molecular weight is 682 g/mol. The Morgan fingerprint density at radius 1 is 1.07 bits per heavy atom. The summed E-state index contributed by atoms with van der Waals surface area (Å²) in [6.07, 6.45) is 5.28. The molecule has 1 aromatic heterocycles. The normalized spacial score (nSPS) is 20.9. The average Bonchev–Trinajstić information content (AvgIpc) is 3.35. The first kappa shape index (κ1) is 35.0. The molecule has 4 rings (SSSR count). The number of esters is 1. The van der Waals surface area contributed by atoms with Crippen LogP contribution in [0.15, 0.2) is 28.9 Å². The number of imide groups is 1. The SMILES string of the molecule is CC(C)=CC1C(C(=O)OCN2C(=O)C3=C(CCCC3)C2=O)C1(C)C.CCOP(=S)(OCC)Oc1nc(Cl)c(Cl)cc1Cl. The number of hydrogen-bond donors (Lipinski definition) is 0. The molecule has 2 amide bonds. The van der Waals surface area contributed by atoms with E-state index in [4.69, 9.17) is 64.9 Å². The number of pyridine rings is 1. The molecule has 0 N–H and O–H groups in total. The Kier molecular flexibility index (Phi) is 12.1. The third-order valence-corrected chi connectivity index (χ3v) is 10.5. The minimum atomic E-state index is -2.92. The zero-order valence-electron chi connectivity index (χ0n) is 24.5. The lowest BCUT2D eigenvalue weighted by Crippen LogP contribution is -2.35. The fourth-order valence-corrected chi connectivity index (χ4v) is 7.52. The van der Waals surface area contributed by atoms with Gasteiger partial charge in [0, 0.05) is 23.0 Å². The second kappa shape index (κ2) is 14.5. The molecule has 0 spiro atoms. The molecule has 42 heavy (non-hydrogen) atoms. The molecular formula is C28H36Cl3N2O7PS. The highest BCUT2D eigenvalue weighted by Crippen LogP contribution is 2.60. The predicted octanol–water partition coefficient (Wildman–Crippen LogP) is 7.68. The van der Waals surface area contributed by atoms with Crippen molar-refractivity contribution in [1.82, 2.24) is 9.88 Å². The molecule has 232 valence electrons. The van der Waals surface area contributed by atoms with Gasteiger partial charge in [-0.25, -0.2) is 4.90 Å². The summed E-state index contributed by atoms with van der Waals surface area (Å²) in [6.45, 7) is 9.19. The first-order chi connectivity index (χ1) is 19.7. The van der Waals surface area contributed by atoms with Crippen molar-refractivity contribution in [3.63, 3.8) is 0 Å². The van der Waals surface area contributed by atoms with E-state index in [2.05, 4.69) is 11.1 Å². The second-order valence-electron chi connectivity index (χ2n) is 10.8. The molecular weight excluding hydrogens is 646 g/mol. The molecule has 0 bridgehead atoms. The first-order valence-corrected chi connectivity index (χ1v) is 17.4. The summed E-state index contributed by atoms with van der Waals surface area (Å²) >= 11 is 22.7. The molecule has 1 saturated carbocycles. The van der Waals surface area contributed by atoms with Gasteiger partial charge in [0.2, 0.25) is 5.88 Å². The Balaban J connectivity index is 0.000000241. The van der Waals surface area contributed by atoms with Crippen molar-refractivity contribution in [3.8, 4) is 5.88 Å². The topological polar surface area (TPSA) is 104 Å². The van der Waals surface area contributed by atoms with Crippen molar-refractivity contribution in [2.24, 2.45) is 17.3 Å². The Morgan fingerprint density at radius 3 is 2.12 bits per heavy atom. The lowest BCUT2D eigenvalue weighted by atomic mass is 9.93. The molecule has 1 fully saturated rings. The van der Waals surface area contributed by atoms with Gasteiger partial charge in [0.05, 0.1) is 24.2 Å². The number of aromatic nitrogens is 1. The van der Waals surface area contributed by atoms with Gasteiger partial charge in [-0.3, -0.25) is 23.4 Å². The van der Waals surface area contributed by atoms with E-state index in [0.717, 1.165) is 17.7 Å². The van der Waals surface area contributed by atoms with Gasteiger partial charge in [-0.1, -0.05) is 60.3 Å². The lowest BCUT2D eigenvalue weighted by molar-refractivity contribution is -0.156. The van der Waals surface area contributed by atoms with Gasteiger partial charge in [0.1, 0.15) is 5.02 Å². The summed E-state index contributed by atoms with van der Waals surface area (Å²) in [5.41, 5.74) is 2.28. The first-order valence-electron chi connectivity index (χ1n) is 13.7. The van der Waals surface area contributed by atoms with Crippen LogP contribution in [0.4, 0.5) is 0 Å². The van der Waals surface area contributed by atoms with E-state index in [1.165, 1.54) is 11.6 Å². The Bertz CT molecular complexity index is 1310. The molecule has 9 nitrogen and oxygen atoms in total. The summed E-state index contributed by atoms with van der Waals surface area (Å²) in [7, 11) is 0. The van der Waals surface area contributed by atoms with Crippen LogP contribution in [0.3, 0.4) is 0 Å². The number of ether oxygens (including phenoxy) is 1. The van der Waals surface area contributed by atoms with Gasteiger partial charge >= 0.3 is 12.7 Å². The van der Waals surface area contributed by atoms with E-state index in [0.29, 0.717) is 37.2 Å². The van der Waals surface area contributed by atoms with E-state index >= 15 is 0 Å². The van der Waals surface area contributed by atoms with Crippen LogP contribution in [0, 0.1) is 17.3 Å². The van der Waals surface area contributed by atoms with E-state index in [1.807, 2.05) is 27.7 Å². The number of carbonyl (C=O) groups is 3. The van der Waals surface area contributed by atoms with E-state index in [-0.39, 0.29) is 62.8 Å². The van der Waals surface area contributed by atoms with Crippen LogP contribution in [0.25, 0.3) is 0 Å². The van der Waals surface area contributed by atoms with Crippen molar-refractivity contribution in [2.75, 3.05) is 19.9 Å². The summed E-state index contributed by atoms with van der Waals surface area (Å²) < 4.78 is 21.4. The van der Waals surface area contributed by atoms with Crippen LogP contribution in [-0.2, 0) is 40.0 Å². The van der Waals surface area contributed by atoms with Gasteiger partial charge in [-0.15, -0.1) is 0 Å². The molecule has 2 unspecified atom stereocenters. The van der Waals surface area contributed by atoms with Crippen molar-refractivity contribution in [2.45, 2.75) is 67.2 Å². The number of amides is 2. The van der Waals surface area contributed by atoms with Crippen LogP contribution in [0.5, 0.6) is 5.88 Å². The van der Waals surface area contributed by atoms with Crippen LogP contribution in [0.1, 0.15) is 67.2 Å². The van der Waals surface area contributed by atoms with Crippen LogP contribution in [-0.4, -0.2) is 47.6 Å². The highest BCUT2D eigenvalue weighted by molar-refractivity contribution is 8.07. The highest BCUT2D eigenvalue weighted by Gasteiger charge is 2.61. The Hall–Kier alpha value is -1.52. The zero-order valence-corrected chi connectivity index (χ0v) is 28.5. The molecule has 2 heterocycles. The van der Waals surface area contributed by atoms with Gasteiger partial charge in [0.25, 0.3) is 11.8 Å². The quantitative estimate of drug-likeness (QED) is 0.0809. The summed E-state index contributed by atoms with van der Waals surface area (Å²) in [6, 6.07) is 1.42. The van der Waals surface area contributed by atoms with Crippen molar-refractivity contribution >= 4 is 71.1 Å². The highest BCUT2D eigenvalue weighted by atomic mass is 35.5. The van der Waals surface area contributed by atoms with Gasteiger partial charge < -0.3 is 9.26 Å². The molecule has 1 aromatic rings. The minimum Gasteiger partial charge on any atom is -0.443 e. The third kappa shape index (κ3) is 8.14. The van der Waals surface area contributed by atoms with Gasteiger partial charge in [-0.2, -0.15) is 4.98 Å². The summed E-state index contributed by atoms with van der Waals surface area (Å²) in [5, 5.41) is 0.499. The maximum absolute atomic E-state index is 12.4. The summed E-state index contributed by atoms with van der Waals surface area (Å²) in [5.74, 6) is -0.879. The van der Waals surface area contributed by atoms with Crippen LogP contribution >= 0.6 is 41.5 Å². The summed E-state index contributed by atoms with van der Waals surface area (Å²) in [4.78, 5) is 42.0. The van der Waals surface area contributed by atoms with E-state index < -0.39 is 6.72 Å².